The fourth-order valence-corrected chi connectivity index (χ4v) is 0.808. The molecule has 0 saturated heterocycles. The average Bonchev–Trinajstić information content (AvgIpc) is 1.91. The summed E-state index contributed by atoms with van der Waals surface area (Å²) < 4.78 is 0. The average molecular weight is 97.2 g/mol. The third kappa shape index (κ3) is 0.829. The highest BCUT2D eigenvalue weighted by atomic mass is 14.6. The molecule has 1 unspecified atom stereocenters. The van der Waals surface area contributed by atoms with Crippen molar-refractivity contribution in [2.75, 3.05) is 0 Å². The van der Waals surface area contributed by atoms with E-state index in [2.05, 4.69) is 19.1 Å². The largest absolute Gasteiger partial charge is 0.327 e. The van der Waals surface area contributed by atoms with E-state index in [0.29, 0.717) is 12.0 Å². The van der Waals surface area contributed by atoms with Crippen LogP contribution in [-0.2, 0) is 0 Å². The standard InChI is InChI=1S/C6H11N/c1-5-3-2-4-6(5)7/h2-3,5-6H,4,7H2,1H3/t5?,6-/m0/s1. The van der Waals surface area contributed by atoms with Gasteiger partial charge in [-0.05, 0) is 12.3 Å². The third-order valence-corrected chi connectivity index (χ3v) is 1.52. The van der Waals surface area contributed by atoms with Crippen molar-refractivity contribution >= 4 is 0 Å². The molecule has 0 radical (unpaired) electrons. The van der Waals surface area contributed by atoms with Crippen LogP contribution in [0.1, 0.15) is 13.3 Å². The van der Waals surface area contributed by atoms with Gasteiger partial charge in [-0.15, -0.1) is 0 Å². The van der Waals surface area contributed by atoms with Gasteiger partial charge in [-0.2, -0.15) is 0 Å². The summed E-state index contributed by atoms with van der Waals surface area (Å²) in [6.45, 7) is 2.15. The number of hydrogen-bond donors (Lipinski definition) is 1. The first-order valence-corrected chi connectivity index (χ1v) is 2.73. The number of hydrogen-bond acceptors (Lipinski definition) is 1. The van der Waals surface area contributed by atoms with Gasteiger partial charge in [-0.3, -0.25) is 0 Å². The molecule has 2 N–H and O–H groups in total. The number of nitrogens with two attached hydrogens (primary N) is 1. The minimum Gasteiger partial charge on any atom is -0.327 e. The van der Waals surface area contributed by atoms with Gasteiger partial charge >= 0.3 is 0 Å². The maximum atomic E-state index is 5.62. The summed E-state index contributed by atoms with van der Waals surface area (Å²) in [7, 11) is 0. The van der Waals surface area contributed by atoms with Crippen LogP contribution in [0.15, 0.2) is 12.2 Å². The molecule has 7 heavy (non-hydrogen) atoms. The monoisotopic (exact) mass is 97.1 g/mol. The molecule has 0 saturated carbocycles. The molecule has 0 aromatic rings. The van der Waals surface area contributed by atoms with Crippen LogP contribution in [0, 0.1) is 5.92 Å². The van der Waals surface area contributed by atoms with Gasteiger partial charge in [0.25, 0.3) is 0 Å². The SMILES string of the molecule is CC1C=CC[C@@H]1N. The second kappa shape index (κ2) is 1.66. The van der Waals surface area contributed by atoms with Crippen molar-refractivity contribution in [1.82, 2.24) is 0 Å². The smallest absolute Gasteiger partial charge is 0.0134 e. The topological polar surface area (TPSA) is 26.0 Å². The van der Waals surface area contributed by atoms with Crippen LogP contribution in [-0.4, -0.2) is 6.04 Å². The first-order chi connectivity index (χ1) is 3.30. The van der Waals surface area contributed by atoms with Crippen LogP contribution in [0.4, 0.5) is 0 Å². The van der Waals surface area contributed by atoms with E-state index >= 15 is 0 Å². The molecule has 0 aromatic heterocycles. The molecule has 0 heterocycles. The van der Waals surface area contributed by atoms with E-state index in [1.165, 1.54) is 0 Å². The Hall–Kier alpha value is -0.300. The molecule has 1 aliphatic rings. The van der Waals surface area contributed by atoms with Gasteiger partial charge in [-0.1, -0.05) is 19.1 Å². The van der Waals surface area contributed by atoms with Crippen molar-refractivity contribution < 1.29 is 0 Å². The molecule has 1 heteroatoms. The van der Waals surface area contributed by atoms with Gasteiger partial charge < -0.3 is 5.73 Å². The third-order valence-electron chi connectivity index (χ3n) is 1.52. The van der Waals surface area contributed by atoms with Gasteiger partial charge in [0.05, 0.1) is 0 Å². The Bertz CT molecular complexity index is 86.2. The lowest BCUT2D eigenvalue weighted by Crippen LogP contribution is -2.22. The maximum Gasteiger partial charge on any atom is 0.0134 e. The highest BCUT2D eigenvalue weighted by Crippen LogP contribution is 2.13. The molecule has 0 amide bonds. The summed E-state index contributed by atoms with van der Waals surface area (Å²) in [5.41, 5.74) is 5.62. The molecular formula is C6H11N. The minimum atomic E-state index is 0.403. The molecule has 0 spiro atoms. The van der Waals surface area contributed by atoms with Crippen molar-refractivity contribution in [2.45, 2.75) is 19.4 Å². The zero-order valence-electron chi connectivity index (χ0n) is 4.59. The fraction of sp³-hybridized carbons (Fsp3) is 0.667. The lowest BCUT2D eigenvalue weighted by atomic mass is 10.1. The molecule has 2 atom stereocenters. The van der Waals surface area contributed by atoms with Gasteiger partial charge in [0.15, 0.2) is 0 Å². The second-order valence-corrected chi connectivity index (χ2v) is 2.19. The summed E-state index contributed by atoms with van der Waals surface area (Å²) in [5.74, 6) is 0.611. The van der Waals surface area contributed by atoms with Crippen LogP contribution >= 0.6 is 0 Å². The molecule has 1 rings (SSSR count). The fourth-order valence-electron chi connectivity index (χ4n) is 0.808. The predicted octanol–water partition coefficient (Wildman–Crippen LogP) is 0.910. The lowest BCUT2D eigenvalue weighted by Gasteiger charge is -2.05. The van der Waals surface area contributed by atoms with E-state index < -0.39 is 0 Å². The summed E-state index contributed by atoms with van der Waals surface area (Å²) in [4.78, 5) is 0. The summed E-state index contributed by atoms with van der Waals surface area (Å²) in [5, 5.41) is 0. The van der Waals surface area contributed by atoms with Gasteiger partial charge in [-0.25, -0.2) is 0 Å². The van der Waals surface area contributed by atoms with Crippen LogP contribution in [0.2, 0.25) is 0 Å². The Morgan fingerprint density at radius 1 is 1.71 bits per heavy atom. The normalized spacial score (nSPS) is 39.7. The molecule has 0 aromatic carbocycles. The minimum absolute atomic E-state index is 0.403. The van der Waals surface area contributed by atoms with E-state index in [0.717, 1.165) is 6.42 Å². The van der Waals surface area contributed by atoms with Gasteiger partial charge in [0.1, 0.15) is 0 Å². The zero-order chi connectivity index (χ0) is 5.28. The molecular weight excluding hydrogens is 86.1 g/mol. The van der Waals surface area contributed by atoms with E-state index in [-0.39, 0.29) is 0 Å². The molecule has 40 valence electrons. The van der Waals surface area contributed by atoms with Gasteiger partial charge in [0, 0.05) is 6.04 Å². The summed E-state index contributed by atoms with van der Waals surface area (Å²) in [6, 6.07) is 0.403. The maximum absolute atomic E-state index is 5.62. The summed E-state index contributed by atoms with van der Waals surface area (Å²) in [6.07, 6.45) is 5.39. The van der Waals surface area contributed by atoms with Crippen LogP contribution < -0.4 is 5.73 Å². The van der Waals surface area contributed by atoms with E-state index in [4.69, 9.17) is 5.73 Å². The van der Waals surface area contributed by atoms with Crippen molar-refractivity contribution in [1.29, 1.82) is 0 Å². The lowest BCUT2D eigenvalue weighted by molar-refractivity contribution is 0.579. The quantitative estimate of drug-likeness (QED) is 0.447. The first-order valence-electron chi connectivity index (χ1n) is 2.73. The molecule has 0 bridgehead atoms. The molecule has 1 nitrogen and oxygen atoms in total. The Balaban J connectivity index is 2.45. The zero-order valence-corrected chi connectivity index (χ0v) is 4.59. The van der Waals surface area contributed by atoms with Crippen molar-refractivity contribution in [3.63, 3.8) is 0 Å². The van der Waals surface area contributed by atoms with E-state index in [1.807, 2.05) is 0 Å². The molecule has 0 fully saturated rings. The van der Waals surface area contributed by atoms with E-state index in [9.17, 15) is 0 Å². The van der Waals surface area contributed by atoms with E-state index in [1.54, 1.807) is 0 Å². The van der Waals surface area contributed by atoms with Crippen molar-refractivity contribution in [2.24, 2.45) is 11.7 Å². The Kier molecular flexibility index (Phi) is 1.15. The highest BCUT2D eigenvalue weighted by Gasteiger charge is 2.11. The van der Waals surface area contributed by atoms with Crippen LogP contribution in [0.5, 0.6) is 0 Å². The van der Waals surface area contributed by atoms with Crippen LogP contribution in [0.25, 0.3) is 0 Å². The Labute approximate surface area is 44.2 Å². The van der Waals surface area contributed by atoms with Crippen molar-refractivity contribution in [3.05, 3.63) is 12.2 Å². The predicted molar refractivity (Wildman–Crippen MR) is 30.9 cm³/mol. The number of rotatable bonds is 0. The second-order valence-electron chi connectivity index (χ2n) is 2.19. The van der Waals surface area contributed by atoms with Gasteiger partial charge in [0.2, 0.25) is 0 Å². The van der Waals surface area contributed by atoms with Crippen LogP contribution in [0.3, 0.4) is 0 Å². The molecule has 0 aliphatic heterocycles. The van der Waals surface area contributed by atoms with Crippen molar-refractivity contribution in [3.8, 4) is 0 Å². The summed E-state index contributed by atoms with van der Waals surface area (Å²) >= 11 is 0. The molecule has 1 aliphatic carbocycles. The highest BCUT2D eigenvalue weighted by molar-refractivity contribution is 5.01. The Morgan fingerprint density at radius 3 is 2.57 bits per heavy atom. The Morgan fingerprint density at radius 2 is 2.43 bits per heavy atom. The first kappa shape index (κ1) is 4.85.